The quantitative estimate of drug-likeness (QED) is 0.713. The van der Waals surface area contributed by atoms with E-state index in [2.05, 4.69) is 27.8 Å². The van der Waals surface area contributed by atoms with Gasteiger partial charge in [-0.05, 0) is 48.4 Å². The van der Waals surface area contributed by atoms with Crippen LogP contribution in [0.3, 0.4) is 0 Å². The number of anilines is 2. The zero-order chi connectivity index (χ0) is 18.2. The molecule has 3 rings (SSSR count). The molecule has 0 bridgehead atoms. The summed E-state index contributed by atoms with van der Waals surface area (Å²) in [6.45, 7) is 0.794. The van der Waals surface area contributed by atoms with E-state index in [9.17, 15) is 4.79 Å². The molecule has 0 saturated heterocycles. The third kappa shape index (κ3) is 4.68. The van der Waals surface area contributed by atoms with E-state index in [-0.39, 0.29) is 5.91 Å². The average Bonchev–Trinajstić information content (AvgIpc) is 2.70. The van der Waals surface area contributed by atoms with Crippen LogP contribution in [-0.2, 0) is 6.42 Å². The number of pyridine rings is 1. The molecule has 2 N–H and O–H groups in total. The number of carbonyl (C=O) groups is 1. The predicted octanol–water partition coefficient (Wildman–Crippen LogP) is 3.86. The fourth-order valence-corrected chi connectivity index (χ4v) is 2.45. The molecular formula is C21H18N4O. The van der Waals surface area contributed by atoms with Gasteiger partial charge in [0.25, 0.3) is 5.91 Å². The normalized spacial score (nSPS) is 9.96. The third-order valence-electron chi connectivity index (χ3n) is 3.85. The number of nitrogens with zero attached hydrogens (tertiary/aromatic N) is 2. The first-order valence-corrected chi connectivity index (χ1v) is 8.30. The van der Waals surface area contributed by atoms with Crippen molar-refractivity contribution in [3.8, 4) is 6.07 Å². The highest BCUT2D eigenvalue weighted by atomic mass is 16.1. The van der Waals surface area contributed by atoms with Crippen molar-refractivity contribution in [1.29, 1.82) is 5.26 Å². The molecule has 0 radical (unpaired) electrons. The fourth-order valence-electron chi connectivity index (χ4n) is 2.45. The Kier molecular flexibility index (Phi) is 5.58. The number of benzene rings is 2. The lowest BCUT2D eigenvalue weighted by atomic mass is 10.1. The molecule has 3 aromatic rings. The highest BCUT2D eigenvalue weighted by Gasteiger charge is 2.07. The van der Waals surface area contributed by atoms with Crippen molar-refractivity contribution in [2.45, 2.75) is 6.42 Å². The topological polar surface area (TPSA) is 77.8 Å². The molecule has 0 unspecified atom stereocenters. The Hall–Kier alpha value is -3.65. The van der Waals surface area contributed by atoms with Gasteiger partial charge >= 0.3 is 0 Å². The number of aromatic nitrogens is 1. The molecule has 2 aromatic carbocycles. The van der Waals surface area contributed by atoms with Crippen LogP contribution in [0, 0.1) is 11.3 Å². The second-order valence-corrected chi connectivity index (χ2v) is 5.74. The summed E-state index contributed by atoms with van der Waals surface area (Å²) in [5, 5.41) is 14.8. The molecule has 1 amide bonds. The summed E-state index contributed by atoms with van der Waals surface area (Å²) < 4.78 is 0. The second kappa shape index (κ2) is 8.45. The molecule has 0 spiro atoms. The van der Waals surface area contributed by atoms with Crippen LogP contribution in [-0.4, -0.2) is 17.4 Å². The van der Waals surface area contributed by atoms with E-state index in [1.807, 2.05) is 30.3 Å². The van der Waals surface area contributed by atoms with Crippen molar-refractivity contribution >= 4 is 17.3 Å². The monoisotopic (exact) mass is 342 g/mol. The second-order valence-electron chi connectivity index (χ2n) is 5.74. The minimum Gasteiger partial charge on any atom is -0.383 e. The van der Waals surface area contributed by atoms with Gasteiger partial charge in [0.1, 0.15) is 5.69 Å². The number of nitrogens with one attached hydrogen (secondary N) is 2. The van der Waals surface area contributed by atoms with Crippen molar-refractivity contribution in [2.75, 3.05) is 17.2 Å². The molecular weight excluding hydrogens is 324 g/mol. The van der Waals surface area contributed by atoms with E-state index in [1.54, 1.807) is 36.5 Å². The zero-order valence-corrected chi connectivity index (χ0v) is 14.1. The Morgan fingerprint density at radius 1 is 0.962 bits per heavy atom. The van der Waals surface area contributed by atoms with Gasteiger partial charge in [-0.25, -0.2) is 4.98 Å². The summed E-state index contributed by atoms with van der Waals surface area (Å²) in [6, 6.07) is 22.5. The number of carbonyl (C=O) groups excluding carboxylic acids is 1. The Morgan fingerprint density at radius 2 is 1.69 bits per heavy atom. The lowest BCUT2D eigenvalue weighted by Crippen LogP contribution is -2.14. The molecule has 26 heavy (non-hydrogen) atoms. The number of nitriles is 1. The first-order valence-electron chi connectivity index (χ1n) is 8.30. The lowest BCUT2D eigenvalue weighted by molar-refractivity contribution is 0.102. The van der Waals surface area contributed by atoms with E-state index >= 15 is 0 Å². The zero-order valence-electron chi connectivity index (χ0n) is 14.1. The number of hydrogen-bond donors (Lipinski definition) is 2. The van der Waals surface area contributed by atoms with E-state index < -0.39 is 0 Å². The molecule has 0 aliphatic carbocycles. The maximum Gasteiger partial charge on any atom is 0.274 e. The highest BCUT2D eigenvalue weighted by Crippen LogP contribution is 2.12. The Morgan fingerprint density at radius 3 is 2.35 bits per heavy atom. The molecule has 1 heterocycles. The molecule has 128 valence electrons. The Labute approximate surface area is 152 Å². The van der Waals surface area contributed by atoms with Crippen molar-refractivity contribution in [3.63, 3.8) is 0 Å². The summed E-state index contributed by atoms with van der Waals surface area (Å²) in [6.07, 6.45) is 2.57. The minimum absolute atomic E-state index is 0.287. The summed E-state index contributed by atoms with van der Waals surface area (Å²) in [5.41, 5.74) is 3.65. The highest BCUT2D eigenvalue weighted by molar-refractivity contribution is 6.02. The van der Waals surface area contributed by atoms with Gasteiger partial charge in [0.05, 0.1) is 23.5 Å². The molecule has 0 aliphatic heterocycles. The van der Waals surface area contributed by atoms with Crippen LogP contribution in [0.15, 0.2) is 72.9 Å². The number of amides is 1. The summed E-state index contributed by atoms with van der Waals surface area (Å²) in [4.78, 5) is 16.4. The summed E-state index contributed by atoms with van der Waals surface area (Å²) >= 11 is 0. The first-order chi connectivity index (χ1) is 12.7. The van der Waals surface area contributed by atoms with Crippen LogP contribution in [0.1, 0.15) is 21.6 Å². The van der Waals surface area contributed by atoms with Gasteiger partial charge < -0.3 is 10.6 Å². The molecule has 0 saturated carbocycles. The number of rotatable bonds is 6. The maximum absolute atomic E-state index is 12.2. The molecule has 1 aromatic heterocycles. The van der Waals surface area contributed by atoms with Crippen molar-refractivity contribution in [3.05, 3.63) is 89.7 Å². The van der Waals surface area contributed by atoms with Gasteiger partial charge in [-0.15, -0.1) is 0 Å². The standard InChI is InChI=1S/C21H18N4O/c22-14-17-6-8-18(9-7-17)25-21(26)20-11-10-19(15-24-20)23-13-12-16-4-2-1-3-5-16/h1-11,15,23H,12-13H2,(H,25,26). The van der Waals surface area contributed by atoms with Crippen molar-refractivity contribution < 1.29 is 4.79 Å². The van der Waals surface area contributed by atoms with Crippen LogP contribution in [0.4, 0.5) is 11.4 Å². The van der Waals surface area contributed by atoms with Crippen LogP contribution in [0.5, 0.6) is 0 Å². The molecule has 5 heteroatoms. The third-order valence-corrected chi connectivity index (χ3v) is 3.85. The van der Waals surface area contributed by atoms with Gasteiger partial charge in [0, 0.05) is 12.2 Å². The van der Waals surface area contributed by atoms with E-state index in [4.69, 9.17) is 5.26 Å². The molecule has 0 atom stereocenters. The molecule has 0 fully saturated rings. The van der Waals surface area contributed by atoms with Gasteiger partial charge in [-0.2, -0.15) is 5.26 Å². The van der Waals surface area contributed by atoms with Crippen LogP contribution in [0.2, 0.25) is 0 Å². The largest absolute Gasteiger partial charge is 0.383 e. The van der Waals surface area contributed by atoms with Crippen LogP contribution >= 0.6 is 0 Å². The molecule has 0 aliphatic rings. The van der Waals surface area contributed by atoms with E-state index in [0.717, 1.165) is 18.7 Å². The van der Waals surface area contributed by atoms with E-state index in [0.29, 0.717) is 16.9 Å². The maximum atomic E-state index is 12.2. The molecule has 5 nitrogen and oxygen atoms in total. The van der Waals surface area contributed by atoms with Gasteiger partial charge in [0.15, 0.2) is 0 Å². The minimum atomic E-state index is -0.287. The van der Waals surface area contributed by atoms with Crippen molar-refractivity contribution in [1.82, 2.24) is 4.98 Å². The smallest absolute Gasteiger partial charge is 0.274 e. The van der Waals surface area contributed by atoms with Gasteiger partial charge in [0.2, 0.25) is 0 Å². The van der Waals surface area contributed by atoms with Gasteiger partial charge in [-0.3, -0.25) is 4.79 Å². The lowest BCUT2D eigenvalue weighted by Gasteiger charge is -2.08. The van der Waals surface area contributed by atoms with Crippen LogP contribution < -0.4 is 10.6 Å². The Balaban J connectivity index is 1.53. The van der Waals surface area contributed by atoms with Crippen molar-refractivity contribution in [2.24, 2.45) is 0 Å². The average molecular weight is 342 g/mol. The Bertz CT molecular complexity index is 897. The number of hydrogen-bond acceptors (Lipinski definition) is 4. The van der Waals surface area contributed by atoms with Crippen LogP contribution in [0.25, 0.3) is 0 Å². The predicted molar refractivity (Wildman–Crippen MR) is 102 cm³/mol. The SMILES string of the molecule is N#Cc1ccc(NC(=O)c2ccc(NCCc3ccccc3)cn2)cc1. The fraction of sp³-hybridized carbons (Fsp3) is 0.0952. The summed E-state index contributed by atoms with van der Waals surface area (Å²) in [7, 11) is 0. The van der Waals surface area contributed by atoms with E-state index in [1.165, 1.54) is 5.56 Å². The van der Waals surface area contributed by atoms with Gasteiger partial charge in [-0.1, -0.05) is 30.3 Å². The first kappa shape index (κ1) is 17.2. The summed E-state index contributed by atoms with van der Waals surface area (Å²) in [5.74, 6) is -0.287.